The largest absolute Gasteiger partial charge is 0.0617 e. The molecular formula is C19H28. The highest BCUT2D eigenvalue weighted by molar-refractivity contribution is 5.18. The summed E-state index contributed by atoms with van der Waals surface area (Å²) >= 11 is 0. The number of hydrogen-bond acceptors (Lipinski definition) is 0. The van der Waals surface area contributed by atoms with Crippen LogP contribution in [-0.2, 0) is 0 Å². The molecule has 10 atom stereocenters. The van der Waals surface area contributed by atoms with Crippen molar-refractivity contribution in [2.24, 2.45) is 58.7 Å². The van der Waals surface area contributed by atoms with E-state index in [0.29, 0.717) is 0 Å². The van der Waals surface area contributed by atoms with Crippen LogP contribution in [0, 0.1) is 58.7 Å². The van der Waals surface area contributed by atoms with Crippen molar-refractivity contribution in [3.63, 3.8) is 0 Å². The average Bonchev–Trinajstić information content (AvgIpc) is 2.42. The minimum Gasteiger partial charge on any atom is -0.0617 e. The molecule has 0 saturated heterocycles. The second-order valence-electron chi connectivity index (χ2n) is 9.62. The predicted octanol–water partition coefficient (Wildman–Crippen LogP) is 4.74. The zero-order valence-corrected chi connectivity index (χ0v) is 12.4. The van der Waals surface area contributed by atoms with E-state index in [1.807, 2.05) is 0 Å². The van der Waals surface area contributed by atoms with Crippen LogP contribution in [0.1, 0.15) is 58.3 Å². The molecule has 0 aromatic heterocycles. The van der Waals surface area contributed by atoms with Gasteiger partial charge in [-0.2, -0.15) is 0 Å². The first-order valence-corrected chi connectivity index (χ1v) is 9.26. The second-order valence-corrected chi connectivity index (χ2v) is 9.62. The van der Waals surface area contributed by atoms with Crippen molar-refractivity contribution in [3.05, 3.63) is 0 Å². The van der Waals surface area contributed by atoms with Crippen LogP contribution in [0.4, 0.5) is 0 Å². The van der Waals surface area contributed by atoms with Gasteiger partial charge in [0.1, 0.15) is 0 Å². The van der Waals surface area contributed by atoms with Crippen molar-refractivity contribution in [2.75, 3.05) is 0 Å². The fourth-order valence-corrected chi connectivity index (χ4v) is 9.37. The topological polar surface area (TPSA) is 0 Å². The van der Waals surface area contributed by atoms with Crippen molar-refractivity contribution < 1.29 is 0 Å². The zero-order chi connectivity index (χ0) is 12.4. The summed E-state index contributed by atoms with van der Waals surface area (Å²) in [5.74, 6) is 10.5. The maximum atomic E-state index is 2.70. The molecule has 0 aromatic rings. The van der Waals surface area contributed by atoms with Gasteiger partial charge in [-0.3, -0.25) is 0 Å². The Morgan fingerprint density at radius 2 is 1.53 bits per heavy atom. The van der Waals surface area contributed by atoms with Gasteiger partial charge in [0.15, 0.2) is 0 Å². The van der Waals surface area contributed by atoms with Crippen LogP contribution in [0.2, 0.25) is 0 Å². The van der Waals surface area contributed by atoms with Crippen molar-refractivity contribution in [3.8, 4) is 0 Å². The van der Waals surface area contributed by atoms with Crippen LogP contribution in [-0.4, -0.2) is 0 Å². The zero-order valence-electron chi connectivity index (χ0n) is 12.4. The Balaban J connectivity index is 1.58. The lowest BCUT2D eigenvalue weighted by Crippen LogP contribution is -2.68. The van der Waals surface area contributed by atoms with Gasteiger partial charge in [0.25, 0.3) is 0 Å². The molecule has 0 radical (unpaired) electrons. The van der Waals surface area contributed by atoms with Gasteiger partial charge < -0.3 is 0 Å². The van der Waals surface area contributed by atoms with Crippen LogP contribution in [0.5, 0.6) is 0 Å². The highest BCUT2D eigenvalue weighted by Gasteiger charge is 2.70. The third kappa shape index (κ3) is 1.03. The molecule has 104 valence electrons. The van der Waals surface area contributed by atoms with Crippen LogP contribution < -0.4 is 0 Å². The molecule has 0 heteroatoms. The van der Waals surface area contributed by atoms with Gasteiger partial charge in [-0.1, -0.05) is 13.3 Å². The first kappa shape index (κ1) is 10.7. The number of fused-ring (bicyclic) bond motifs is 1. The van der Waals surface area contributed by atoms with Crippen LogP contribution in [0.3, 0.4) is 0 Å². The number of hydrogen-bond donors (Lipinski definition) is 0. The van der Waals surface area contributed by atoms with Crippen LogP contribution in [0.15, 0.2) is 0 Å². The molecule has 0 heterocycles. The van der Waals surface area contributed by atoms with E-state index in [1.165, 1.54) is 29.6 Å². The summed E-state index contributed by atoms with van der Waals surface area (Å²) in [4.78, 5) is 0. The lowest BCUT2D eigenvalue weighted by Gasteiger charge is -2.75. The third-order valence-electron chi connectivity index (χ3n) is 9.52. The Bertz CT molecular complexity index is 433. The maximum Gasteiger partial charge on any atom is -0.0230 e. The lowest BCUT2D eigenvalue weighted by molar-refractivity contribution is -0.268. The maximum absolute atomic E-state index is 2.70. The SMILES string of the molecule is CC1C2CC3CC4C2CC2CCC5CC2C4C1(C5)C3. The first-order valence-electron chi connectivity index (χ1n) is 9.26. The molecule has 7 aliphatic rings. The van der Waals surface area contributed by atoms with E-state index in [0.717, 1.165) is 29.1 Å². The molecular weight excluding hydrogens is 228 g/mol. The quantitative estimate of drug-likeness (QED) is 0.587. The Kier molecular flexibility index (Phi) is 1.74. The summed E-state index contributed by atoms with van der Waals surface area (Å²) < 4.78 is 0. The Labute approximate surface area is 117 Å². The standard InChI is InChI=1S/C19H28/c1-10-14-5-12-6-17-16(14)7-13-3-2-11-4-15(13)18(17)19(10,8-11)9-12/h10-18H,2-9H2,1H3. The predicted molar refractivity (Wildman–Crippen MR) is 76.5 cm³/mol. The van der Waals surface area contributed by atoms with Gasteiger partial charge in [0.2, 0.25) is 0 Å². The van der Waals surface area contributed by atoms with Crippen molar-refractivity contribution in [1.82, 2.24) is 0 Å². The van der Waals surface area contributed by atoms with E-state index < -0.39 is 0 Å². The molecule has 7 aliphatic carbocycles. The normalized spacial score (nSPS) is 71.5. The Morgan fingerprint density at radius 1 is 0.737 bits per heavy atom. The van der Waals surface area contributed by atoms with Crippen LogP contribution >= 0.6 is 0 Å². The highest BCUT2D eigenvalue weighted by atomic mass is 14.7. The summed E-state index contributed by atoms with van der Waals surface area (Å²) in [6, 6.07) is 0. The summed E-state index contributed by atoms with van der Waals surface area (Å²) in [6.07, 6.45) is 13.2. The number of rotatable bonds is 0. The van der Waals surface area contributed by atoms with Gasteiger partial charge in [-0.15, -0.1) is 0 Å². The third-order valence-corrected chi connectivity index (χ3v) is 9.52. The average molecular weight is 256 g/mol. The van der Waals surface area contributed by atoms with Gasteiger partial charge in [0, 0.05) is 0 Å². The Hall–Kier alpha value is 0. The van der Waals surface area contributed by atoms with Crippen molar-refractivity contribution >= 4 is 0 Å². The van der Waals surface area contributed by atoms with Gasteiger partial charge in [0.05, 0.1) is 0 Å². The molecule has 7 rings (SSSR count). The molecule has 0 N–H and O–H groups in total. The smallest absolute Gasteiger partial charge is 0.0230 e. The molecule has 8 bridgehead atoms. The molecule has 1 spiro atoms. The van der Waals surface area contributed by atoms with Crippen LogP contribution in [0.25, 0.3) is 0 Å². The lowest BCUT2D eigenvalue weighted by atomic mass is 9.29. The molecule has 7 fully saturated rings. The van der Waals surface area contributed by atoms with E-state index in [4.69, 9.17) is 0 Å². The molecule has 0 aliphatic heterocycles. The summed E-state index contributed by atoms with van der Waals surface area (Å²) in [7, 11) is 0. The fraction of sp³-hybridized carbons (Fsp3) is 1.00. The van der Waals surface area contributed by atoms with Crippen molar-refractivity contribution in [1.29, 1.82) is 0 Å². The second kappa shape index (κ2) is 3.09. The van der Waals surface area contributed by atoms with Gasteiger partial charge in [-0.05, 0) is 104 Å². The molecule has 10 unspecified atom stereocenters. The van der Waals surface area contributed by atoms with E-state index in [-0.39, 0.29) is 0 Å². The molecule has 19 heavy (non-hydrogen) atoms. The summed E-state index contributed by atoms with van der Waals surface area (Å²) in [5, 5.41) is 0. The van der Waals surface area contributed by atoms with E-state index in [9.17, 15) is 0 Å². The highest BCUT2D eigenvalue weighted by Crippen LogP contribution is 2.77. The van der Waals surface area contributed by atoms with Crippen molar-refractivity contribution in [2.45, 2.75) is 58.3 Å². The van der Waals surface area contributed by atoms with E-state index >= 15 is 0 Å². The molecule has 0 amide bonds. The van der Waals surface area contributed by atoms with E-state index in [1.54, 1.807) is 51.4 Å². The Morgan fingerprint density at radius 3 is 2.47 bits per heavy atom. The summed E-state index contributed by atoms with van der Waals surface area (Å²) in [6.45, 7) is 2.70. The van der Waals surface area contributed by atoms with Gasteiger partial charge in [-0.25, -0.2) is 0 Å². The summed E-state index contributed by atoms with van der Waals surface area (Å²) in [5.41, 5.74) is 0.861. The minimum atomic E-state index is 0.861. The monoisotopic (exact) mass is 256 g/mol. The molecule has 7 saturated carbocycles. The van der Waals surface area contributed by atoms with Gasteiger partial charge >= 0.3 is 0 Å². The fourth-order valence-electron chi connectivity index (χ4n) is 9.37. The first-order chi connectivity index (χ1) is 9.26. The molecule has 0 nitrogen and oxygen atoms in total. The minimum absolute atomic E-state index is 0.861. The molecule has 0 aromatic carbocycles. The van der Waals surface area contributed by atoms with E-state index in [2.05, 4.69) is 6.92 Å².